The lowest BCUT2D eigenvalue weighted by Gasteiger charge is -2.11. The van der Waals surface area contributed by atoms with Crippen LogP contribution < -0.4 is 0 Å². The average Bonchev–Trinajstić information content (AvgIpc) is 2.47. The van der Waals surface area contributed by atoms with Crippen molar-refractivity contribution in [3.05, 3.63) is 35.4 Å². The SMILES string of the molecule is COC(=O)Cc1ccccc1CSCC(C)C(=O)OC. The largest absolute Gasteiger partial charge is 0.469 e. The second kappa shape index (κ2) is 8.64. The molecular formula is C15H20O4S. The van der Waals surface area contributed by atoms with Gasteiger partial charge in [-0.25, -0.2) is 0 Å². The lowest BCUT2D eigenvalue weighted by Crippen LogP contribution is -2.15. The van der Waals surface area contributed by atoms with Gasteiger partial charge in [0.25, 0.3) is 0 Å². The third kappa shape index (κ3) is 5.25. The molecule has 0 saturated carbocycles. The van der Waals surface area contributed by atoms with Gasteiger partial charge in [-0.3, -0.25) is 9.59 Å². The van der Waals surface area contributed by atoms with Crippen LogP contribution in [-0.2, 0) is 31.2 Å². The summed E-state index contributed by atoms with van der Waals surface area (Å²) >= 11 is 1.65. The summed E-state index contributed by atoms with van der Waals surface area (Å²) in [5.41, 5.74) is 2.07. The molecule has 1 rings (SSSR count). The van der Waals surface area contributed by atoms with Crippen LogP contribution in [-0.4, -0.2) is 31.9 Å². The van der Waals surface area contributed by atoms with Crippen LogP contribution in [0.3, 0.4) is 0 Å². The van der Waals surface area contributed by atoms with E-state index >= 15 is 0 Å². The van der Waals surface area contributed by atoms with Crippen molar-refractivity contribution in [2.45, 2.75) is 19.1 Å². The number of ether oxygens (including phenoxy) is 2. The van der Waals surface area contributed by atoms with Crippen LogP contribution in [0.2, 0.25) is 0 Å². The lowest BCUT2D eigenvalue weighted by molar-refractivity contribution is -0.144. The van der Waals surface area contributed by atoms with Crippen molar-refractivity contribution in [1.82, 2.24) is 0 Å². The summed E-state index contributed by atoms with van der Waals surface area (Å²) in [6.45, 7) is 1.85. The van der Waals surface area contributed by atoms with Crippen LogP contribution in [0.4, 0.5) is 0 Å². The van der Waals surface area contributed by atoms with Crippen molar-refractivity contribution in [3.63, 3.8) is 0 Å². The average molecular weight is 296 g/mol. The molecule has 0 heterocycles. The minimum atomic E-state index is -0.245. The highest BCUT2D eigenvalue weighted by Crippen LogP contribution is 2.20. The summed E-state index contributed by atoms with van der Waals surface area (Å²) in [7, 11) is 2.78. The molecule has 0 aliphatic rings. The van der Waals surface area contributed by atoms with Gasteiger partial charge in [-0.15, -0.1) is 0 Å². The molecule has 20 heavy (non-hydrogen) atoms. The van der Waals surface area contributed by atoms with Crippen LogP contribution in [0, 0.1) is 5.92 Å². The smallest absolute Gasteiger partial charge is 0.309 e. The van der Waals surface area contributed by atoms with Gasteiger partial charge in [-0.1, -0.05) is 31.2 Å². The Morgan fingerprint density at radius 1 is 1.15 bits per heavy atom. The quantitative estimate of drug-likeness (QED) is 0.723. The molecule has 1 aromatic carbocycles. The number of hydrogen-bond acceptors (Lipinski definition) is 5. The van der Waals surface area contributed by atoms with Crippen LogP contribution >= 0.6 is 11.8 Å². The van der Waals surface area contributed by atoms with E-state index in [0.717, 1.165) is 16.9 Å². The molecule has 0 saturated heterocycles. The first-order chi connectivity index (χ1) is 9.58. The number of hydrogen-bond donors (Lipinski definition) is 0. The molecule has 0 aliphatic carbocycles. The molecule has 0 amide bonds. The number of thioether (sulfide) groups is 1. The van der Waals surface area contributed by atoms with E-state index in [2.05, 4.69) is 0 Å². The monoisotopic (exact) mass is 296 g/mol. The molecule has 0 bridgehead atoms. The molecule has 5 heteroatoms. The zero-order chi connectivity index (χ0) is 15.0. The fraction of sp³-hybridized carbons (Fsp3) is 0.467. The van der Waals surface area contributed by atoms with Gasteiger partial charge in [0.15, 0.2) is 0 Å². The van der Waals surface area contributed by atoms with E-state index in [4.69, 9.17) is 9.47 Å². The van der Waals surface area contributed by atoms with Gasteiger partial charge in [-0.05, 0) is 11.1 Å². The first-order valence-corrected chi connectivity index (χ1v) is 7.53. The fourth-order valence-electron chi connectivity index (χ4n) is 1.71. The predicted molar refractivity (Wildman–Crippen MR) is 79.5 cm³/mol. The van der Waals surface area contributed by atoms with Gasteiger partial charge >= 0.3 is 11.9 Å². The number of carbonyl (C=O) groups excluding carboxylic acids is 2. The molecule has 0 N–H and O–H groups in total. The van der Waals surface area contributed by atoms with Crippen LogP contribution in [0.25, 0.3) is 0 Å². The number of esters is 2. The highest BCUT2D eigenvalue weighted by atomic mass is 32.2. The van der Waals surface area contributed by atoms with E-state index < -0.39 is 0 Å². The minimum Gasteiger partial charge on any atom is -0.469 e. The van der Waals surface area contributed by atoms with E-state index in [0.29, 0.717) is 5.75 Å². The lowest BCUT2D eigenvalue weighted by atomic mass is 10.1. The second-order valence-corrected chi connectivity index (χ2v) is 5.49. The van der Waals surface area contributed by atoms with Crippen molar-refractivity contribution in [2.75, 3.05) is 20.0 Å². The molecular weight excluding hydrogens is 276 g/mol. The fourth-order valence-corrected chi connectivity index (χ4v) is 2.82. The topological polar surface area (TPSA) is 52.6 Å². The number of rotatable bonds is 7. The van der Waals surface area contributed by atoms with Gasteiger partial charge < -0.3 is 9.47 Å². The van der Waals surface area contributed by atoms with Gasteiger partial charge in [0.05, 0.1) is 26.6 Å². The van der Waals surface area contributed by atoms with E-state index in [1.165, 1.54) is 14.2 Å². The van der Waals surface area contributed by atoms with E-state index in [1.807, 2.05) is 31.2 Å². The van der Waals surface area contributed by atoms with Crippen molar-refractivity contribution in [2.24, 2.45) is 5.92 Å². The molecule has 4 nitrogen and oxygen atoms in total. The highest BCUT2D eigenvalue weighted by Gasteiger charge is 2.13. The Morgan fingerprint density at radius 2 is 1.80 bits per heavy atom. The zero-order valence-corrected chi connectivity index (χ0v) is 12.9. The third-order valence-corrected chi connectivity index (χ3v) is 4.16. The maximum Gasteiger partial charge on any atom is 0.309 e. The van der Waals surface area contributed by atoms with E-state index in [1.54, 1.807) is 11.8 Å². The molecule has 0 radical (unpaired) electrons. The van der Waals surface area contributed by atoms with E-state index in [-0.39, 0.29) is 24.3 Å². The maximum absolute atomic E-state index is 11.4. The number of methoxy groups -OCH3 is 2. The summed E-state index contributed by atoms with van der Waals surface area (Å²) in [6.07, 6.45) is 0.278. The molecule has 0 aromatic heterocycles. The van der Waals surface area contributed by atoms with Crippen molar-refractivity contribution in [3.8, 4) is 0 Å². The van der Waals surface area contributed by atoms with Crippen LogP contribution in [0.5, 0.6) is 0 Å². The van der Waals surface area contributed by atoms with Crippen LogP contribution in [0.1, 0.15) is 18.1 Å². The summed E-state index contributed by atoms with van der Waals surface area (Å²) in [5, 5.41) is 0. The number of carbonyl (C=O) groups is 2. The van der Waals surface area contributed by atoms with Gasteiger partial charge in [0.1, 0.15) is 0 Å². The van der Waals surface area contributed by atoms with Crippen LogP contribution in [0.15, 0.2) is 24.3 Å². The summed E-state index contributed by atoms with van der Waals surface area (Å²) < 4.78 is 9.38. The normalized spacial score (nSPS) is 11.8. The Labute approximate surface area is 123 Å². The molecule has 110 valence electrons. The molecule has 0 aliphatic heterocycles. The Kier molecular flexibility index (Phi) is 7.15. The van der Waals surface area contributed by atoms with Crippen molar-refractivity contribution < 1.29 is 19.1 Å². The van der Waals surface area contributed by atoms with Gasteiger partial charge in [0.2, 0.25) is 0 Å². The Morgan fingerprint density at radius 3 is 2.40 bits per heavy atom. The first-order valence-electron chi connectivity index (χ1n) is 6.37. The maximum atomic E-state index is 11.4. The molecule has 1 unspecified atom stereocenters. The summed E-state index contributed by atoms with van der Waals surface area (Å²) in [6, 6.07) is 7.77. The molecule has 1 atom stereocenters. The van der Waals surface area contributed by atoms with Gasteiger partial charge in [0, 0.05) is 11.5 Å². The van der Waals surface area contributed by atoms with Crippen molar-refractivity contribution in [1.29, 1.82) is 0 Å². The summed E-state index contributed by atoms with van der Waals surface area (Å²) in [5.74, 6) is 0.886. The predicted octanol–water partition coefficient (Wildman–Crippen LogP) is 2.44. The molecule has 0 fully saturated rings. The molecule has 1 aromatic rings. The number of benzene rings is 1. The molecule has 0 spiro atoms. The van der Waals surface area contributed by atoms with E-state index in [9.17, 15) is 9.59 Å². The Hall–Kier alpha value is -1.49. The Bertz CT molecular complexity index is 459. The standard InChI is InChI=1S/C15H20O4S/c1-11(15(17)19-3)9-20-10-13-7-5-4-6-12(13)8-14(16)18-2/h4-7,11H,8-10H2,1-3H3. The third-order valence-electron chi connectivity index (χ3n) is 2.91. The highest BCUT2D eigenvalue weighted by molar-refractivity contribution is 7.98. The second-order valence-electron chi connectivity index (χ2n) is 4.46. The first kappa shape index (κ1) is 16.6. The summed E-state index contributed by atoms with van der Waals surface area (Å²) in [4.78, 5) is 22.7. The minimum absolute atomic E-state index is 0.127. The Balaban J connectivity index is 2.55. The van der Waals surface area contributed by atoms with Gasteiger partial charge in [-0.2, -0.15) is 11.8 Å². The zero-order valence-electron chi connectivity index (χ0n) is 12.0. The van der Waals surface area contributed by atoms with Crippen molar-refractivity contribution >= 4 is 23.7 Å².